The van der Waals surface area contributed by atoms with Crippen molar-refractivity contribution in [3.05, 3.63) is 46.2 Å². The van der Waals surface area contributed by atoms with Gasteiger partial charge in [0, 0.05) is 30.6 Å². The van der Waals surface area contributed by atoms with Crippen LogP contribution in [0.4, 0.5) is 11.6 Å². The highest BCUT2D eigenvalue weighted by Crippen LogP contribution is 2.18. The number of hydrogen-bond acceptors (Lipinski definition) is 4. The maximum atomic E-state index is 5.86. The molecule has 0 aliphatic heterocycles. The lowest BCUT2D eigenvalue weighted by Crippen LogP contribution is -2.19. The summed E-state index contributed by atoms with van der Waals surface area (Å²) in [5.41, 5.74) is 7.08. The topological polar surface area (TPSA) is 55.0 Å². The molecule has 0 saturated carbocycles. The highest BCUT2D eigenvalue weighted by atomic mass is 79.9. The van der Waals surface area contributed by atoms with E-state index in [1.54, 1.807) is 0 Å². The van der Waals surface area contributed by atoms with E-state index < -0.39 is 0 Å². The number of anilines is 2. The standard InChI is InChI=1S/C15H19BrN4/c1-3-5-14-18-13(17)9-15(19-14)20(2)10-11-6-4-7-12(16)8-11/h4,6-9H,3,5,10H2,1-2H3,(H2,17,18,19). The molecule has 0 spiro atoms. The number of rotatable bonds is 5. The SMILES string of the molecule is CCCc1nc(N)cc(N(C)Cc2cccc(Br)c2)n1. The van der Waals surface area contributed by atoms with Crippen LogP contribution in [0.1, 0.15) is 24.7 Å². The molecule has 106 valence electrons. The van der Waals surface area contributed by atoms with Crippen LogP contribution in [0, 0.1) is 0 Å². The van der Waals surface area contributed by atoms with E-state index in [1.807, 2.05) is 25.2 Å². The third-order valence-electron chi connectivity index (χ3n) is 2.95. The highest BCUT2D eigenvalue weighted by molar-refractivity contribution is 9.10. The van der Waals surface area contributed by atoms with E-state index in [1.165, 1.54) is 5.56 Å². The van der Waals surface area contributed by atoms with Crippen LogP contribution < -0.4 is 10.6 Å². The summed E-state index contributed by atoms with van der Waals surface area (Å²) >= 11 is 3.49. The van der Waals surface area contributed by atoms with Gasteiger partial charge in [-0.25, -0.2) is 9.97 Å². The van der Waals surface area contributed by atoms with Crippen molar-refractivity contribution in [1.82, 2.24) is 9.97 Å². The van der Waals surface area contributed by atoms with Crippen molar-refractivity contribution < 1.29 is 0 Å². The average molecular weight is 335 g/mol. The lowest BCUT2D eigenvalue weighted by Gasteiger charge is -2.19. The number of aryl methyl sites for hydroxylation is 1. The molecule has 5 heteroatoms. The summed E-state index contributed by atoms with van der Waals surface area (Å²) in [6, 6.07) is 10.1. The van der Waals surface area contributed by atoms with Crippen molar-refractivity contribution in [1.29, 1.82) is 0 Å². The van der Waals surface area contributed by atoms with Crippen LogP contribution in [-0.2, 0) is 13.0 Å². The molecule has 0 amide bonds. The van der Waals surface area contributed by atoms with E-state index in [4.69, 9.17) is 5.73 Å². The molecule has 0 bridgehead atoms. The van der Waals surface area contributed by atoms with Gasteiger partial charge < -0.3 is 10.6 Å². The zero-order chi connectivity index (χ0) is 14.5. The van der Waals surface area contributed by atoms with Gasteiger partial charge in [-0.1, -0.05) is 35.0 Å². The maximum Gasteiger partial charge on any atom is 0.134 e. The Labute approximate surface area is 128 Å². The molecular formula is C15H19BrN4. The first-order chi connectivity index (χ1) is 9.58. The average Bonchev–Trinajstić information content (AvgIpc) is 2.38. The first-order valence-electron chi connectivity index (χ1n) is 6.67. The van der Waals surface area contributed by atoms with Crippen molar-refractivity contribution in [2.24, 2.45) is 0 Å². The molecule has 1 heterocycles. The first kappa shape index (κ1) is 14.8. The summed E-state index contributed by atoms with van der Waals surface area (Å²) in [4.78, 5) is 10.9. The van der Waals surface area contributed by atoms with Gasteiger partial charge in [-0.15, -0.1) is 0 Å². The minimum absolute atomic E-state index is 0.527. The van der Waals surface area contributed by atoms with Gasteiger partial charge in [-0.05, 0) is 24.1 Å². The zero-order valence-corrected chi connectivity index (χ0v) is 13.4. The van der Waals surface area contributed by atoms with E-state index in [0.29, 0.717) is 5.82 Å². The van der Waals surface area contributed by atoms with Crippen LogP contribution in [0.3, 0.4) is 0 Å². The lowest BCUT2D eigenvalue weighted by molar-refractivity contribution is 0.814. The van der Waals surface area contributed by atoms with E-state index in [9.17, 15) is 0 Å². The maximum absolute atomic E-state index is 5.86. The number of nitrogens with two attached hydrogens (primary N) is 1. The van der Waals surface area contributed by atoms with Gasteiger partial charge in [0.2, 0.25) is 0 Å². The van der Waals surface area contributed by atoms with Gasteiger partial charge in [0.05, 0.1) is 0 Å². The lowest BCUT2D eigenvalue weighted by atomic mass is 10.2. The predicted molar refractivity (Wildman–Crippen MR) is 86.7 cm³/mol. The number of aromatic nitrogens is 2. The molecule has 4 nitrogen and oxygen atoms in total. The van der Waals surface area contributed by atoms with Crippen molar-refractivity contribution in [3.63, 3.8) is 0 Å². The van der Waals surface area contributed by atoms with Crippen molar-refractivity contribution in [3.8, 4) is 0 Å². The number of nitrogens with zero attached hydrogens (tertiary/aromatic N) is 3. The fourth-order valence-corrected chi connectivity index (χ4v) is 2.47. The summed E-state index contributed by atoms with van der Waals surface area (Å²) < 4.78 is 1.08. The Morgan fingerprint density at radius 3 is 2.75 bits per heavy atom. The Hall–Kier alpha value is -1.62. The molecule has 0 saturated heterocycles. The Balaban J connectivity index is 2.18. The quantitative estimate of drug-likeness (QED) is 0.910. The fourth-order valence-electron chi connectivity index (χ4n) is 2.02. The molecule has 2 N–H and O–H groups in total. The van der Waals surface area contributed by atoms with Crippen LogP contribution in [0.5, 0.6) is 0 Å². The fraction of sp³-hybridized carbons (Fsp3) is 0.333. The van der Waals surface area contributed by atoms with Crippen LogP contribution in [0.15, 0.2) is 34.8 Å². The minimum Gasteiger partial charge on any atom is -0.384 e. The summed E-state index contributed by atoms with van der Waals surface area (Å²) in [6.45, 7) is 2.89. The Morgan fingerprint density at radius 2 is 2.05 bits per heavy atom. The molecule has 2 aromatic rings. The van der Waals surface area contributed by atoms with Gasteiger partial charge in [0.25, 0.3) is 0 Å². The smallest absolute Gasteiger partial charge is 0.134 e. The normalized spacial score (nSPS) is 10.6. The Morgan fingerprint density at radius 1 is 1.25 bits per heavy atom. The van der Waals surface area contributed by atoms with Gasteiger partial charge >= 0.3 is 0 Å². The molecule has 0 fully saturated rings. The monoisotopic (exact) mass is 334 g/mol. The molecule has 20 heavy (non-hydrogen) atoms. The number of halogens is 1. The molecule has 1 aromatic carbocycles. The summed E-state index contributed by atoms with van der Waals surface area (Å²) in [5.74, 6) is 2.20. The largest absolute Gasteiger partial charge is 0.384 e. The Bertz CT molecular complexity index is 586. The van der Waals surface area contributed by atoms with Crippen LogP contribution >= 0.6 is 15.9 Å². The van der Waals surface area contributed by atoms with Gasteiger partial charge in [-0.3, -0.25) is 0 Å². The zero-order valence-electron chi connectivity index (χ0n) is 11.8. The molecule has 1 aromatic heterocycles. The summed E-state index contributed by atoms with van der Waals surface area (Å²) in [5, 5.41) is 0. The van der Waals surface area contributed by atoms with Crippen molar-refractivity contribution in [2.75, 3.05) is 17.7 Å². The van der Waals surface area contributed by atoms with E-state index in [2.05, 4.69) is 49.9 Å². The number of nitrogen functional groups attached to an aromatic ring is 1. The molecular weight excluding hydrogens is 316 g/mol. The van der Waals surface area contributed by atoms with Crippen LogP contribution in [-0.4, -0.2) is 17.0 Å². The van der Waals surface area contributed by atoms with E-state index in [0.717, 1.165) is 35.5 Å². The van der Waals surface area contributed by atoms with Gasteiger partial charge in [0.15, 0.2) is 0 Å². The second-order valence-corrected chi connectivity index (χ2v) is 5.72. The van der Waals surface area contributed by atoms with Crippen LogP contribution in [0.25, 0.3) is 0 Å². The molecule has 0 radical (unpaired) electrons. The van der Waals surface area contributed by atoms with Crippen molar-refractivity contribution >= 4 is 27.6 Å². The Kier molecular flexibility index (Phi) is 4.95. The predicted octanol–water partition coefficient (Wildman–Crippen LogP) is 3.41. The highest BCUT2D eigenvalue weighted by Gasteiger charge is 2.08. The molecule has 0 atom stereocenters. The molecule has 0 aliphatic rings. The number of hydrogen-bond donors (Lipinski definition) is 1. The second kappa shape index (κ2) is 6.70. The van der Waals surface area contributed by atoms with Crippen molar-refractivity contribution in [2.45, 2.75) is 26.3 Å². The molecule has 0 unspecified atom stereocenters. The number of benzene rings is 1. The van der Waals surface area contributed by atoms with Gasteiger partial charge in [-0.2, -0.15) is 0 Å². The molecule has 0 aliphatic carbocycles. The first-order valence-corrected chi connectivity index (χ1v) is 7.47. The second-order valence-electron chi connectivity index (χ2n) is 4.80. The summed E-state index contributed by atoms with van der Waals surface area (Å²) in [6.07, 6.45) is 1.86. The molecule has 2 rings (SSSR count). The third-order valence-corrected chi connectivity index (χ3v) is 3.45. The summed E-state index contributed by atoms with van der Waals surface area (Å²) in [7, 11) is 2.01. The van der Waals surface area contributed by atoms with E-state index in [-0.39, 0.29) is 0 Å². The van der Waals surface area contributed by atoms with Gasteiger partial charge in [0.1, 0.15) is 17.5 Å². The van der Waals surface area contributed by atoms with Crippen LogP contribution in [0.2, 0.25) is 0 Å². The van der Waals surface area contributed by atoms with E-state index >= 15 is 0 Å². The third kappa shape index (κ3) is 3.93. The minimum atomic E-state index is 0.527.